The van der Waals surface area contributed by atoms with Gasteiger partial charge in [-0.15, -0.1) is 0 Å². The van der Waals surface area contributed by atoms with Gasteiger partial charge in [-0.3, -0.25) is 9.69 Å². The Morgan fingerprint density at radius 3 is 2.76 bits per heavy atom. The molecule has 1 aliphatic rings. The third-order valence-electron chi connectivity index (χ3n) is 6.02. The summed E-state index contributed by atoms with van der Waals surface area (Å²) in [6, 6.07) is 9.92. The number of carbonyl (C=O) groups is 1. The number of amides is 1. The Hall–Kier alpha value is -2.97. The quantitative estimate of drug-likeness (QED) is 0.504. The number of aromatic nitrogens is 3. The first-order valence-corrected chi connectivity index (χ1v) is 11.6. The van der Waals surface area contributed by atoms with Gasteiger partial charge >= 0.3 is 0 Å². The van der Waals surface area contributed by atoms with Crippen molar-refractivity contribution < 1.29 is 14.3 Å². The molecule has 2 aromatic heterocycles. The van der Waals surface area contributed by atoms with Gasteiger partial charge in [-0.25, -0.2) is 9.67 Å². The van der Waals surface area contributed by atoms with Crippen molar-refractivity contribution in [2.75, 3.05) is 46.5 Å². The Labute approximate surface area is 194 Å². The van der Waals surface area contributed by atoms with Crippen LogP contribution < -0.4 is 10.1 Å². The summed E-state index contributed by atoms with van der Waals surface area (Å²) in [4.78, 5) is 19.6. The van der Waals surface area contributed by atoms with Crippen LogP contribution in [0.25, 0.3) is 22.3 Å². The molecule has 0 aliphatic carbocycles. The Morgan fingerprint density at radius 2 is 1.97 bits per heavy atom. The Bertz CT molecular complexity index is 1100. The predicted molar refractivity (Wildman–Crippen MR) is 128 cm³/mol. The summed E-state index contributed by atoms with van der Waals surface area (Å²) in [7, 11) is 1.66. The SMILES string of the molecule is COc1ccccc1-c1nn(CCC(=O)NCCCN2CCOCC2)c2nc(C)cc(C)c12. The highest BCUT2D eigenvalue weighted by Gasteiger charge is 2.19. The lowest BCUT2D eigenvalue weighted by Crippen LogP contribution is -2.38. The molecule has 8 nitrogen and oxygen atoms in total. The number of morpholine rings is 1. The van der Waals surface area contributed by atoms with Crippen LogP contribution in [0.1, 0.15) is 24.1 Å². The normalized spacial score (nSPS) is 14.5. The maximum absolute atomic E-state index is 12.5. The molecule has 3 heterocycles. The summed E-state index contributed by atoms with van der Waals surface area (Å²) in [5, 5.41) is 8.91. The van der Waals surface area contributed by atoms with Gasteiger partial charge in [0, 0.05) is 37.3 Å². The van der Waals surface area contributed by atoms with E-state index in [4.69, 9.17) is 19.6 Å². The van der Waals surface area contributed by atoms with E-state index in [0.29, 0.717) is 19.5 Å². The number of nitrogens with one attached hydrogen (secondary N) is 1. The summed E-state index contributed by atoms with van der Waals surface area (Å²) in [5.41, 5.74) is 4.59. The number of pyridine rings is 1. The summed E-state index contributed by atoms with van der Waals surface area (Å²) in [6.45, 7) is 9.73. The van der Waals surface area contributed by atoms with E-state index in [1.807, 2.05) is 35.9 Å². The van der Waals surface area contributed by atoms with Crippen molar-refractivity contribution >= 4 is 16.9 Å². The van der Waals surface area contributed by atoms with Gasteiger partial charge in [-0.1, -0.05) is 12.1 Å². The van der Waals surface area contributed by atoms with Gasteiger partial charge < -0.3 is 14.8 Å². The van der Waals surface area contributed by atoms with Crippen molar-refractivity contribution in [1.29, 1.82) is 0 Å². The van der Waals surface area contributed by atoms with Crippen molar-refractivity contribution in [2.45, 2.75) is 33.2 Å². The summed E-state index contributed by atoms with van der Waals surface area (Å²) in [6.07, 6.45) is 1.29. The summed E-state index contributed by atoms with van der Waals surface area (Å²) < 4.78 is 12.8. The third kappa shape index (κ3) is 5.51. The van der Waals surface area contributed by atoms with E-state index >= 15 is 0 Å². The molecule has 4 rings (SSSR count). The second-order valence-electron chi connectivity index (χ2n) is 8.46. The summed E-state index contributed by atoms with van der Waals surface area (Å²) >= 11 is 0. The minimum Gasteiger partial charge on any atom is -0.496 e. The number of para-hydroxylation sites is 1. The highest BCUT2D eigenvalue weighted by molar-refractivity contribution is 5.95. The first-order valence-electron chi connectivity index (χ1n) is 11.6. The van der Waals surface area contributed by atoms with Crippen molar-refractivity contribution in [3.63, 3.8) is 0 Å². The molecule has 3 aromatic rings. The molecule has 0 saturated carbocycles. The average Bonchev–Trinajstić information content (AvgIpc) is 3.19. The number of rotatable bonds is 9. The number of carbonyl (C=O) groups excluding carboxylic acids is 1. The standard InChI is InChI=1S/C25H33N5O3/c1-18-17-19(2)27-25-23(18)24(20-7-4-5-8-21(20)32-3)28-30(25)12-9-22(31)26-10-6-11-29-13-15-33-16-14-29/h4-5,7-8,17H,6,9-16H2,1-3H3,(H,26,31). The van der Waals surface area contributed by atoms with Crippen LogP contribution in [0.4, 0.5) is 0 Å². The maximum atomic E-state index is 12.5. The average molecular weight is 452 g/mol. The first kappa shape index (κ1) is 23.2. The van der Waals surface area contributed by atoms with E-state index in [0.717, 1.165) is 78.6 Å². The number of benzene rings is 1. The zero-order chi connectivity index (χ0) is 23.2. The largest absolute Gasteiger partial charge is 0.496 e. The molecule has 1 aliphatic heterocycles. The molecule has 0 atom stereocenters. The van der Waals surface area contributed by atoms with Crippen LogP contribution in [0.3, 0.4) is 0 Å². The Morgan fingerprint density at radius 1 is 1.18 bits per heavy atom. The van der Waals surface area contributed by atoms with Crippen molar-refractivity contribution in [3.8, 4) is 17.0 Å². The molecular formula is C25H33N5O3. The van der Waals surface area contributed by atoms with Gasteiger partial charge in [-0.05, 0) is 50.6 Å². The number of nitrogens with zero attached hydrogens (tertiary/aromatic N) is 4. The zero-order valence-electron chi connectivity index (χ0n) is 19.8. The van der Waals surface area contributed by atoms with Crippen LogP contribution in [0.5, 0.6) is 5.75 Å². The minimum absolute atomic E-state index is 0.0313. The van der Waals surface area contributed by atoms with Gasteiger partial charge in [-0.2, -0.15) is 5.10 Å². The molecule has 1 aromatic carbocycles. The summed E-state index contributed by atoms with van der Waals surface area (Å²) in [5.74, 6) is 0.797. The molecule has 0 spiro atoms. The topological polar surface area (TPSA) is 81.5 Å². The Kier molecular flexibility index (Phi) is 7.57. The van der Waals surface area contributed by atoms with Crippen LogP contribution in [0.15, 0.2) is 30.3 Å². The molecule has 1 amide bonds. The molecule has 0 unspecified atom stereocenters. The van der Waals surface area contributed by atoms with Crippen LogP contribution >= 0.6 is 0 Å². The molecular weight excluding hydrogens is 418 g/mol. The number of hydrogen-bond donors (Lipinski definition) is 1. The van der Waals surface area contributed by atoms with Crippen molar-refractivity contribution in [3.05, 3.63) is 41.6 Å². The third-order valence-corrected chi connectivity index (χ3v) is 6.02. The van der Waals surface area contributed by atoms with E-state index in [-0.39, 0.29) is 5.91 Å². The molecule has 0 radical (unpaired) electrons. The van der Waals surface area contributed by atoms with E-state index in [1.54, 1.807) is 7.11 Å². The monoisotopic (exact) mass is 451 g/mol. The highest BCUT2D eigenvalue weighted by atomic mass is 16.5. The first-order chi connectivity index (χ1) is 16.1. The molecule has 1 N–H and O–H groups in total. The maximum Gasteiger partial charge on any atom is 0.221 e. The number of hydrogen-bond acceptors (Lipinski definition) is 6. The highest BCUT2D eigenvalue weighted by Crippen LogP contribution is 2.35. The smallest absolute Gasteiger partial charge is 0.221 e. The lowest BCUT2D eigenvalue weighted by atomic mass is 10.0. The molecule has 0 bridgehead atoms. The fraction of sp³-hybridized carbons (Fsp3) is 0.480. The molecule has 176 valence electrons. The van der Waals surface area contributed by atoms with Crippen molar-refractivity contribution in [1.82, 2.24) is 25.0 Å². The Balaban J connectivity index is 1.44. The molecule has 1 fully saturated rings. The van der Waals surface area contributed by atoms with Crippen LogP contribution in [0, 0.1) is 13.8 Å². The van der Waals surface area contributed by atoms with Crippen LogP contribution in [-0.4, -0.2) is 72.1 Å². The number of methoxy groups -OCH3 is 1. The zero-order valence-corrected chi connectivity index (χ0v) is 19.8. The fourth-order valence-corrected chi connectivity index (χ4v) is 4.35. The number of fused-ring (bicyclic) bond motifs is 1. The van der Waals surface area contributed by atoms with Gasteiger partial charge in [0.05, 0.1) is 32.3 Å². The second-order valence-corrected chi connectivity index (χ2v) is 8.46. The van der Waals surface area contributed by atoms with Crippen LogP contribution in [0.2, 0.25) is 0 Å². The lowest BCUT2D eigenvalue weighted by molar-refractivity contribution is -0.121. The lowest BCUT2D eigenvalue weighted by Gasteiger charge is -2.26. The van der Waals surface area contributed by atoms with E-state index in [2.05, 4.69) is 23.2 Å². The van der Waals surface area contributed by atoms with Gasteiger partial charge in [0.2, 0.25) is 5.91 Å². The second kappa shape index (κ2) is 10.8. The van der Waals surface area contributed by atoms with Crippen molar-refractivity contribution in [2.24, 2.45) is 0 Å². The predicted octanol–water partition coefficient (Wildman–Crippen LogP) is 2.95. The molecule has 33 heavy (non-hydrogen) atoms. The van der Waals surface area contributed by atoms with Crippen LogP contribution in [-0.2, 0) is 16.1 Å². The number of aryl methyl sites for hydroxylation is 3. The fourth-order valence-electron chi connectivity index (χ4n) is 4.35. The van der Waals surface area contributed by atoms with Gasteiger partial charge in [0.25, 0.3) is 0 Å². The number of ether oxygens (including phenoxy) is 2. The molecule has 1 saturated heterocycles. The van der Waals surface area contributed by atoms with E-state index < -0.39 is 0 Å². The van der Waals surface area contributed by atoms with Gasteiger partial charge in [0.15, 0.2) is 5.65 Å². The van der Waals surface area contributed by atoms with E-state index in [1.165, 1.54) is 0 Å². The minimum atomic E-state index is 0.0313. The molecule has 8 heteroatoms. The van der Waals surface area contributed by atoms with Gasteiger partial charge in [0.1, 0.15) is 11.4 Å². The van der Waals surface area contributed by atoms with E-state index in [9.17, 15) is 4.79 Å².